The third-order valence-electron chi connectivity index (χ3n) is 5.15. The molecular formula is C26H25Cl2FN2O3. The van der Waals surface area contributed by atoms with Crippen LogP contribution in [0.25, 0.3) is 0 Å². The Balaban J connectivity index is 1.92. The van der Waals surface area contributed by atoms with Crippen LogP contribution in [-0.2, 0) is 22.6 Å². The molecule has 178 valence electrons. The molecular weight excluding hydrogens is 478 g/mol. The van der Waals surface area contributed by atoms with Gasteiger partial charge in [0.15, 0.2) is 18.2 Å². The number of hydrogen-bond acceptors (Lipinski definition) is 3. The van der Waals surface area contributed by atoms with Crippen LogP contribution in [0, 0.1) is 5.82 Å². The molecule has 0 aliphatic heterocycles. The summed E-state index contributed by atoms with van der Waals surface area (Å²) in [6.07, 6.45) is 0.291. The maximum atomic E-state index is 14.0. The van der Waals surface area contributed by atoms with Gasteiger partial charge in [0.1, 0.15) is 6.04 Å². The number of halogens is 3. The van der Waals surface area contributed by atoms with Crippen molar-refractivity contribution >= 4 is 35.0 Å². The minimum Gasteiger partial charge on any atom is -0.481 e. The largest absolute Gasteiger partial charge is 0.481 e. The van der Waals surface area contributed by atoms with E-state index in [0.29, 0.717) is 28.6 Å². The van der Waals surface area contributed by atoms with Gasteiger partial charge < -0.3 is 15.0 Å². The van der Waals surface area contributed by atoms with Crippen LogP contribution in [-0.4, -0.2) is 35.9 Å². The van der Waals surface area contributed by atoms with Crippen LogP contribution in [0.5, 0.6) is 5.75 Å². The van der Waals surface area contributed by atoms with Crippen molar-refractivity contribution in [1.29, 1.82) is 0 Å². The first-order valence-corrected chi connectivity index (χ1v) is 11.6. The molecule has 5 nitrogen and oxygen atoms in total. The van der Waals surface area contributed by atoms with Crippen molar-refractivity contribution in [3.8, 4) is 5.75 Å². The van der Waals surface area contributed by atoms with Crippen LogP contribution in [0.4, 0.5) is 4.39 Å². The van der Waals surface area contributed by atoms with E-state index in [1.165, 1.54) is 23.1 Å². The highest BCUT2D eigenvalue weighted by Gasteiger charge is 2.30. The van der Waals surface area contributed by atoms with Gasteiger partial charge >= 0.3 is 0 Å². The maximum Gasteiger partial charge on any atom is 0.261 e. The van der Waals surface area contributed by atoms with Crippen LogP contribution >= 0.6 is 23.2 Å². The summed E-state index contributed by atoms with van der Waals surface area (Å²) in [5.41, 5.74) is 1.58. The van der Waals surface area contributed by atoms with E-state index in [1.807, 2.05) is 37.3 Å². The molecule has 3 aromatic carbocycles. The van der Waals surface area contributed by atoms with Crippen LogP contribution in [0.3, 0.4) is 0 Å². The number of benzene rings is 3. The molecule has 1 atom stereocenters. The molecule has 0 fully saturated rings. The van der Waals surface area contributed by atoms with E-state index in [0.717, 1.165) is 5.56 Å². The molecule has 0 heterocycles. The fourth-order valence-corrected chi connectivity index (χ4v) is 3.79. The molecule has 1 unspecified atom stereocenters. The Bertz CT molecular complexity index is 1130. The monoisotopic (exact) mass is 502 g/mol. The molecule has 3 rings (SSSR count). The first kappa shape index (κ1) is 25.5. The minimum atomic E-state index is -0.825. The van der Waals surface area contributed by atoms with Crippen molar-refractivity contribution in [1.82, 2.24) is 10.2 Å². The van der Waals surface area contributed by atoms with Crippen molar-refractivity contribution in [3.05, 3.63) is 99.8 Å². The normalized spacial score (nSPS) is 11.5. The van der Waals surface area contributed by atoms with Crippen LogP contribution in [0.2, 0.25) is 10.0 Å². The highest BCUT2D eigenvalue weighted by Crippen LogP contribution is 2.24. The zero-order chi connectivity index (χ0) is 24.5. The number of ether oxygens (including phenoxy) is 1. The quantitative estimate of drug-likeness (QED) is 0.409. The van der Waals surface area contributed by atoms with Gasteiger partial charge in [-0.05, 0) is 42.3 Å². The summed E-state index contributed by atoms with van der Waals surface area (Å²) in [5.74, 6) is -1.38. The van der Waals surface area contributed by atoms with E-state index in [1.54, 1.807) is 24.3 Å². The number of nitrogens with one attached hydrogen (secondary N) is 1. The predicted octanol–water partition coefficient (Wildman–Crippen LogP) is 5.29. The van der Waals surface area contributed by atoms with E-state index >= 15 is 0 Å². The Labute approximate surface area is 208 Å². The van der Waals surface area contributed by atoms with Crippen molar-refractivity contribution in [2.45, 2.75) is 25.9 Å². The zero-order valence-corrected chi connectivity index (χ0v) is 20.2. The molecule has 0 radical (unpaired) electrons. The molecule has 0 bridgehead atoms. The van der Waals surface area contributed by atoms with E-state index in [4.69, 9.17) is 27.9 Å². The van der Waals surface area contributed by atoms with Gasteiger partial charge in [-0.2, -0.15) is 0 Å². The lowest BCUT2D eigenvalue weighted by atomic mass is 10.0. The summed E-state index contributed by atoms with van der Waals surface area (Å²) in [7, 11) is 0. The van der Waals surface area contributed by atoms with Gasteiger partial charge in [-0.1, -0.05) is 71.7 Å². The second kappa shape index (κ2) is 12.4. The Morgan fingerprint density at radius 2 is 1.68 bits per heavy atom. The summed E-state index contributed by atoms with van der Waals surface area (Å²) in [4.78, 5) is 27.9. The molecule has 3 aromatic rings. The second-order valence-electron chi connectivity index (χ2n) is 7.59. The number of rotatable bonds is 10. The Morgan fingerprint density at radius 3 is 2.35 bits per heavy atom. The summed E-state index contributed by atoms with van der Waals surface area (Å²) >= 11 is 12.2. The molecule has 0 aromatic heterocycles. The Kier molecular flexibility index (Phi) is 9.31. The number of para-hydroxylation sites is 1. The highest BCUT2D eigenvalue weighted by molar-refractivity contribution is 6.42. The van der Waals surface area contributed by atoms with E-state index in [9.17, 15) is 14.0 Å². The molecule has 0 aliphatic carbocycles. The number of amides is 2. The van der Waals surface area contributed by atoms with Crippen molar-refractivity contribution < 1.29 is 18.7 Å². The van der Waals surface area contributed by atoms with Gasteiger partial charge in [0.25, 0.3) is 5.91 Å². The topological polar surface area (TPSA) is 58.6 Å². The molecule has 34 heavy (non-hydrogen) atoms. The lowest BCUT2D eigenvalue weighted by Gasteiger charge is -2.31. The number of nitrogens with zero attached hydrogens (tertiary/aromatic N) is 1. The van der Waals surface area contributed by atoms with E-state index in [2.05, 4.69) is 5.32 Å². The maximum absolute atomic E-state index is 14.0. The van der Waals surface area contributed by atoms with Gasteiger partial charge in [-0.25, -0.2) is 4.39 Å². The average Bonchev–Trinajstić information content (AvgIpc) is 2.83. The second-order valence-corrected chi connectivity index (χ2v) is 8.40. The number of hydrogen-bond donors (Lipinski definition) is 1. The average molecular weight is 503 g/mol. The van der Waals surface area contributed by atoms with Crippen molar-refractivity contribution in [3.63, 3.8) is 0 Å². The third kappa shape index (κ3) is 6.95. The van der Waals surface area contributed by atoms with Gasteiger partial charge in [-0.15, -0.1) is 0 Å². The first-order chi connectivity index (χ1) is 16.4. The summed E-state index contributed by atoms with van der Waals surface area (Å²) in [6, 6.07) is 19.4. The Morgan fingerprint density at radius 1 is 0.971 bits per heavy atom. The summed E-state index contributed by atoms with van der Waals surface area (Å²) in [6.45, 7) is 1.87. The van der Waals surface area contributed by atoms with Gasteiger partial charge in [-0.3, -0.25) is 9.59 Å². The van der Waals surface area contributed by atoms with Crippen molar-refractivity contribution in [2.24, 2.45) is 0 Å². The molecule has 1 N–H and O–H groups in total. The highest BCUT2D eigenvalue weighted by atomic mass is 35.5. The van der Waals surface area contributed by atoms with Crippen molar-refractivity contribution in [2.75, 3.05) is 13.2 Å². The molecule has 0 saturated heterocycles. The van der Waals surface area contributed by atoms with E-state index in [-0.39, 0.29) is 18.2 Å². The van der Waals surface area contributed by atoms with Gasteiger partial charge in [0.05, 0.1) is 10.0 Å². The number of carbonyl (C=O) groups excluding carboxylic acids is 2. The fourth-order valence-electron chi connectivity index (χ4n) is 3.46. The SMILES string of the molecule is CCNC(=O)C(Cc1ccccc1)N(Cc1ccc(Cl)c(Cl)c1)C(=O)COc1ccccc1F. The minimum absolute atomic E-state index is 0.0389. The third-order valence-corrected chi connectivity index (χ3v) is 5.89. The lowest BCUT2D eigenvalue weighted by molar-refractivity contribution is -0.142. The zero-order valence-electron chi connectivity index (χ0n) is 18.6. The van der Waals surface area contributed by atoms with Gasteiger partial charge in [0.2, 0.25) is 5.91 Å². The number of likely N-dealkylation sites (N-methyl/N-ethyl adjacent to an activating group) is 1. The molecule has 0 spiro atoms. The van der Waals surface area contributed by atoms with Crippen LogP contribution in [0.1, 0.15) is 18.1 Å². The molecule has 8 heteroatoms. The smallest absolute Gasteiger partial charge is 0.261 e. The standard InChI is InChI=1S/C26H25Cl2FN2O3/c1-2-30-26(33)23(15-18-8-4-3-5-9-18)31(16-19-12-13-20(27)21(28)14-19)25(32)17-34-24-11-7-6-10-22(24)29/h3-14,23H,2,15-17H2,1H3,(H,30,33). The first-order valence-electron chi connectivity index (χ1n) is 10.8. The number of carbonyl (C=O) groups is 2. The molecule has 0 aliphatic rings. The van der Waals surface area contributed by atoms with Crippen LogP contribution in [0.15, 0.2) is 72.8 Å². The van der Waals surface area contributed by atoms with E-state index < -0.39 is 24.4 Å². The predicted molar refractivity (Wildman–Crippen MR) is 132 cm³/mol. The molecule has 0 saturated carbocycles. The Hall–Kier alpha value is -3.09. The van der Waals surface area contributed by atoms with Crippen LogP contribution < -0.4 is 10.1 Å². The molecule has 2 amide bonds. The lowest BCUT2D eigenvalue weighted by Crippen LogP contribution is -2.51. The van der Waals surface area contributed by atoms with Gasteiger partial charge in [0, 0.05) is 19.5 Å². The summed E-state index contributed by atoms with van der Waals surface area (Å²) in [5, 5.41) is 3.53. The summed E-state index contributed by atoms with van der Waals surface area (Å²) < 4.78 is 19.5. The fraction of sp³-hybridized carbons (Fsp3) is 0.231.